The number of hydrogen-bond donors (Lipinski definition) is 0. The Morgan fingerprint density at radius 3 is 2.33 bits per heavy atom. The Hall–Kier alpha value is -1.67. The van der Waals surface area contributed by atoms with Gasteiger partial charge in [-0.1, -0.05) is 31.4 Å². The van der Waals surface area contributed by atoms with Gasteiger partial charge in [-0.15, -0.1) is 0 Å². The van der Waals surface area contributed by atoms with Crippen LogP contribution in [0.1, 0.15) is 36.5 Å². The molecule has 1 aliphatic rings. The third kappa shape index (κ3) is 6.17. The van der Waals surface area contributed by atoms with E-state index in [0.717, 1.165) is 18.9 Å². The van der Waals surface area contributed by atoms with Crippen molar-refractivity contribution in [3.63, 3.8) is 0 Å². The molecule has 1 aromatic carbocycles. The van der Waals surface area contributed by atoms with E-state index < -0.39 is 27.3 Å². The number of carbonyl (C=O) groups is 2. The quantitative estimate of drug-likeness (QED) is 0.637. The van der Waals surface area contributed by atoms with Gasteiger partial charge in [-0.2, -0.15) is 0 Å². The van der Waals surface area contributed by atoms with Gasteiger partial charge in [-0.25, -0.2) is 12.8 Å². The minimum absolute atomic E-state index is 0.0219. The van der Waals surface area contributed by atoms with Crippen molar-refractivity contribution in [3.8, 4) is 0 Å². The molecule has 27 heavy (non-hydrogen) atoms. The molecule has 0 N–H and O–H groups in total. The predicted octanol–water partition coefficient (Wildman–Crippen LogP) is 2.37. The van der Waals surface area contributed by atoms with Crippen LogP contribution in [0.25, 0.3) is 0 Å². The molecule has 9 heteroatoms. The van der Waals surface area contributed by atoms with E-state index in [0.29, 0.717) is 6.42 Å². The number of piperazine rings is 1. The minimum Gasteiger partial charge on any atom is -0.338 e. The molecule has 0 saturated carbocycles. The average Bonchev–Trinajstić information content (AvgIpc) is 2.61. The second-order valence-electron chi connectivity index (χ2n) is 6.60. The van der Waals surface area contributed by atoms with Gasteiger partial charge in [0.1, 0.15) is 11.6 Å². The van der Waals surface area contributed by atoms with Crippen molar-refractivity contribution in [2.45, 2.75) is 26.2 Å². The Kier molecular flexibility index (Phi) is 7.61. The number of hydrogen-bond acceptors (Lipinski definition) is 4. The van der Waals surface area contributed by atoms with Gasteiger partial charge in [-0.3, -0.25) is 9.59 Å². The number of benzene rings is 1. The molecular weight excluding hydrogens is 395 g/mol. The summed E-state index contributed by atoms with van der Waals surface area (Å²) in [5, 5.41) is 0.0386. The molecule has 1 saturated heterocycles. The van der Waals surface area contributed by atoms with E-state index in [1.54, 1.807) is 0 Å². The topological polar surface area (TPSA) is 74.8 Å². The maximum atomic E-state index is 13.1. The van der Waals surface area contributed by atoms with Crippen LogP contribution in [0.2, 0.25) is 5.02 Å². The van der Waals surface area contributed by atoms with E-state index in [9.17, 15) is 22.4 Å². The fourth-order valence-electron chi connectivity index (χ4n) is 2.92. The Labute approximate surface area is 164 Å². The van der Waals surface area contributed by atoms with Gasteiger partial charge in [0.15, 0.2) is 9.84 Å². The van der Waals surface area contributed by atoms with Gasteiger partial charge in [0.05, 0.1) is 16.3 Å². The third-order valence-electron chi connectivity index (χ3n) is 4.48. The highest BCUT2D eigenvalue weighted by Crippen LogP contribution is 2.20. The van der Waals surface area contributed by atoms with Crippen molar-refractivity contribution in [3.05, 3.63) is 34.6 Å². The second-order valence-corrected chi connectivity index (χ2v) is 9.19. The van der Waals surface area contributed by atoms with Crippen molar-refractivity contribution in [1.29, 1.82) is 0 Å². The zero-order chi connectivity index (χ0) is 20.0. The first kappa shape index (κ1) is 21.6. The van der Waals surface area contributed by atoms with Crippen molar-refractivity contribution >= 4 is 33.3 Å². The monoisotopic (exact) mass is 418 g/mol. The molecule has 2 amide bonds. The van der Waals surface area contributed by atoms with Gasteiger partial charge >= 0.3 is 0 Å². The van der Waals surface area contributed by atoms with Crippen molar-refractivity contribution in [2.24, 2.45) is 0 Å². The van der Waals surface area contributed by atoms with Crippen molar-refractivity contribution in [2.75, 3.05) is 37.7 Å². The Morgan fingerprint density at radius 1 is 1.11 bits per heavy atom. The van der Waals surface area contributed by atoms with Gasteiger partial charge < -0.3 is 9.80 Å². The molecule has 1 aromatic rings. The normalized spacial score (nSPS) is 15.1. The number of unbranched alkanes of at least 4 members (excludes halogenated alkanes) is 2. The van der Waals surface area contributed by atoms with E-state index >= 15 is 0 Å². The van der Waals surface area contributed by atoms with Crippen LogP contribution in [0.4, 0.5) is 4.39 Å². The highest BCUT2D eigenvalue weighted by Gasteiger charge is 2.28. The molecule has 0 aliphatic carbocycles. The van der Waals surface area contributed by atoms with Crippen molar-refractivity contribution in [1.82, 2.24) is 9.80 Å². The summed E-state index contributed by atoms with van der Waals surface area (Å²) in [6.07, 6.45) is 2.30. The predicted molar refractivity (Wildman–Crippen MR) is 102 cm³/mol. The molecule has 1 fully saturated rings. The maximum Gasteiger partial charge on any atom is 0.255 e. The van der Waals surface area contributed by atoms with E-state index in [1.165, 1.54) is 21.9 Å². The zero-order valence-corrected chi connectivity index (χ0v) is 16.9. The number of amides is 2. The van der Waals surface area contributed by atoms with E-state index in [1.807, 2.05) is 6.92 Å². The van der Waals surface area contributed by atoms with E-state index in [2.05, 4.69) is 0 Å². The smallest absolute Gasteiger partial charge is 0.255 e. The molecule has 1 aliphatic heterocycles. The fourth-order valence-corrected chi connectivity index (χ4v) is 4.51. The molecule has 0 spiro atoms. The zero-order valence-electron chi connectivity index (χ0n) is 15.3. The third-order valence-corrected chi connectivity index (χ3v) is 6.39. The average molecular weight is 419 g/mol. The summed E-state index contributed by atoms with van der Waals surface area (Å²) in [4.78, 5) is 27.8. The maximum absolute atomic E-state index is 13.1. The van der Waals surface area contributed by atoms with Gasteiger partial charge in [-0.05, 0) is 24.6 Å². The molecule has 0 bridgehead atoms. The highest BCUT2D eigenvalue weighted by atomic mass is 35.5. The van der Waals surface area contributed by atoms with Crippen LogP contribution in [-0.4, -0.2) is 67.7 Å². The van der Waals surface area contributed by atoms with Crippen LogP contribution in [0.3, 0.4) is 0 Å². The second kappa shape index (κ2) is 9.50. The largest absolute Gasteiger partial charge is 0.338 e. The first-order valence-electron chi connectivity index (χ1n) is 8.96. The standard InChI is InChI=1S/C18H24ClFN2O4S/c1-2-3-4-11-27(25,26)13-17(23)21-7-9-22(10-8-21)18(24)15-6-5-14(20)12-16(15)19/h5-6,12H,2-4,7-11,13H2,1H3. The lowest BCUT2D eigenvalue weighted by Gasteiger charge is -2.35. The van der Waals surface area contributed by atoms with Crippen LogP contribution in [0.15, 0.2) is 18.2 Å². The summed E-state index contributed by atoms with van der Waals surface area (Å²) in [6, 6.07) is 3.58. The van der Waals surface area contributed by atoms with E-state index in [-0.39, 0.29) is 48.4 Å². The Bertz CT molecular complexity index is 793. The summed E-state index contributed by atoms with van der Waals surface area (Å²) in [7, 11) is -3.41. The van der Waals surface area contributed by atoms with E-state index in [4.69, 9.17) is 11.6 Å². The molecule has 0 unspecified atom stereocenters. The molecule has 1 heterocycles. The summed E-state index contributed by atoms with van der Waals surface area (Å²) < 4.78 is 37.2. The number of rotatable bonds is 7. The minimum atomic E-state index is -3.41. The lowest BCUT2D eigenvalue weighted by Crippen LogP contribution is -2.51. The first-order valence-corrected chi connectivity index (χ1v) is 11.2. The van der Waals surface area contributed by atoms with Crippen LogP contribution >= 0.6 is 11.6 Å². The molecule has 0 atom stereocenters. The lowest BCUT2D eigenvalue weighted by atomic mass is 10.1. The molecule has 6 nitrogen and oxygen atoms in total. The molecule has 0 radical (unpaired) electrons. The number of nitrogens with zero attached hydrogens (tertiary/aromatic N) is 2. The first-order chi connectivity index (χ1) is 12.7. The molecule has 150 valence electrons. The number of carbonyl (C=O) groups excluding carboxylic acids is 2. The number of sulfone groups is 1. The van der Waals surface area contributed by atoms with Gasteiger partial charge in [0.25, 0.3) is 5.91 Å². The van der Waals surface area contributed by atoms with Crippen LogP contribution in [-0.2, 0) is 14.6 Å². The van der Waals surface area contributed by atoms with Gasteiger partial charge in [0, 0.05) is 26.2 Å². The Balaban J connectivity index is 1.89. The van der Waals surface area contributed by atoms with Crippen molar-refractivity contribution < 1.29 is 22.4 Å². The SMILES string of the molecule is CCCCCS(=O)(=O)CC(=O)N1CCN(C(=O)c2ccc(F)cc2Cl)CC1. The highest BCUT2D eigenvalue weighted by molar-refractivity contribution is 7.92. The van der Waals surface area contributed by atoms with Crippen LogP contribution < -0.4 is 0 Å². The van der Waals surface area contributed by atoms with Crippen LogP contribution in [0.5, 0.6) is 0 Å². The number of halogens is 2. The molecular formula is C18H24ClFN2O4S. The Morgan fingerprint density at radius 2 is 1.74 bits per heavy atom. The summed E-state index contributed by atoms with van der Waals surface area (Å²) in [5.41, 5.74) is 0.205. The molecule has 2 rings (SSSR count). The fraction of sp³-hybridized carbons (Fsp3) is 0.556. The summed E-state index contributed by atoms with van der Waals surface area (Å²) in [6.45, 7) is 3.04. The summed E-state index contributed by atoms with van der Waals surface area (Å²) in [5.74, 6) is -1.76. The van der Waals surface area contributed by atoms with Crippen LogP contribution in [0, 0.1) is 5.82 Å². The lowest BCUT2D eigenvalue weighted by molar-refractivity contribution is -0.129. The van der Waals surface area contributed by atoms with Gasteiger partial charge in [0.2, 0.25) is 5.91 Å². The summed E-state index contributed by atoms with van der Waals surface area (Å²) >= 11 is 5.93. The molecule has 0 aromatic heterocycles.